The molecule has 1 saturated carbocycles. The van der Waals surface area contributed by atoms with Crippen LogP contribution in [0.3, 0.4) is 0 Å². The first kappa shape index (κ1) is 14.8. The van der Waals surface area contributed by atoms with Gasteiger partial charge in [0.05, 0.1) is 5.56 Å². The number of hydrazine groups is 1. The van der Waals surface area contributed by atoms with Crippen molar-refractivity contribution in [3.8, 4) is 0 Å². The molecule has 1 fully saturated rings. The number of hydrogen-bond donors (Lipinski definition) is 2. The molecule has 1 aromatic rings. The Balaban J connectivity index is 2.24. The van der Waals surface area contributed by atoms with Gasteiger partial charge < -0.3 is 0 Å². The van der Waals surface area contributed by atoms with Gasteiger partial charge in [-0.2, -0.15) is 13.2 Å². The zero-order valence-electron chi connectivity index (χ0n) is 10.3. The number of nitrogens with two attached hydrogens (primary N) is 1. The fourth-order valence-corrected chi connectivity index (χ4v) is 2.86. The van der Waals surface area contributed by atoms with Crippen LogP contribution in [-0.2, 0) is 6.18 Å². The van der Waals surface area contributed by atoms with E-state index in [2.05, 4.69) is 21.4 Å². The molecule has 0 amide bonds. The Morgan fingerprint density at radius 1 is 1.37 bits per heavy atom. The molecule has 3 N–H and O–H groups in total. The molecule has 106 valence electrons. The van der Waals surface area contributed by atoms with E-state index in [0.717, 1.165) is 25.3 Å². The monoisotopic (exact) mass is 336 g/mol. The van der Waals surface area contributed by atoms with Gasteiger partial charge in [0.1, 0.15) is 0 Å². The van der Waals surface area contributed by atoms with Crippen molar-refractivity contribution in [3.63, 3.8) is 0 Å². The van der Waals surface area contributed by atoms with Crippen molar-refractivity contribution < 1.29 is 13.2 Å². The maximum Gasteiger partial charge on any atom is 0.416 e. The van der Waals surface area contributed by atoms with Crippen LogP contribution in [0.25, 0.3) is 0 Å². The Labute approximate surface area is 118 Å². The molecule has 0 spiro atoms. The summed E-state index contributed by atoms with van der Waals surface area (Å²) in [6.07, 6.45) is -0.0866. The van der Waals surface area contributed by atoms with Crippen molar-refractivity contribution in [1.29, 1.82) is 0 Å². The normalized spacial score (nSPS) is 18.2. The molecular weight excluding hydrogens is 321 g/mol. The molecule has 1 aromatic carbocycles. The van der Waals surface area contributed by atoms with Crippen LogP contribution in [0.5, 0.6) is 0 Å². The SMILES string of the molecule is NNC(CC1CCC1)c1cc(C(F)(F)F)ccc1Br. The van der Waals surface area contributed by atoms with E-state index < -0.39 is 11.7 Å². The Hall–Kier alpha value is -0.590. The third-order valence-corrected chi connectivity index (χ3v) is 4.42. The first-order valence-corrected chi connectivity index (χ1v) is 7.04. The quantitative estimate of drug-likeness (QED) is 0.639. The Morgan fingerprint density at radius 2 is 2.05 bits per heavy atom. The van der Waals surface area contributed by atoms with Gasteiger partial charge in [-0.15, -0.1) is 0 Å². The van der Waals surface area contributed by atoms with Gasteiger partial charge in [0.2, 0.25) is 0 Å². The van der Waals surface area contributed by atoms with Crippen LogP contribution in [0.1, 0.15) is 42.9 Å². The lowest BCUT2D eigenvalue weighted by Gasteiger charge is -2.30. The van der Waals surface area contributed by atoms with Gasteiger partial charge in [-0.3, -0.25) is 11.3 Å². The van der Waals surface area contributed by atoms with Crippen molar-refractivity contribution in [2.24, 2.45) is 11.8 Å². The molecule has 0 radical (unpaired) electrons. The fourth-order valence-electron chi connectivity index (χ4n) is 2.33. The zero-order chi connectivity index (χ0) is 14.0. The lowest BCUT2D eigenvalue weighted by atomic mass is 9.79. The molecule has 1 aliphatic carbocycles. The van der Waals surface area contributed by atoms with Crippen LogP contribution >= 0.6 is 15.9 Å². The van der Waals surface area contributed by atoms with E-state index in [-0.39, 0.29) is 6.04 Å². The fraction of sp³-hybridized carbons (Fsp3) is 0.538. The van der Waals surface area contributed by atoms with E-state index in [4.69, 9.17) is 5.84 Å². The van der Waals surface area contributed by atoms with Gasteiger partial charge in [0, 0.05) is 10.5 Å². The number of alkyl halides is 3. The van der Waals surface area contributed by atoms with Crippen molar-refractivity contribution in [2.75, 3.05) is 0 Å². The molecule has 6 heteroatoms. The summed E-state index contributed by atoms with van der Waals surface area (Å²) in [5.74, 6) is 6.07. The van der Waals surface area contributed by atoms with Crippen LogP contribution in [0, 0.1) is 5.92 Å². The average molecular weight is 337 g/mol. The van der Waals surface area contributed by atoms with Crippen LogP contribution in [-0.4, -0.2) is 0 Å². The second kappa shape index (κ2) is 5.81. The molecule has 1 atom stereocenters. The van der Waals surface area contributed by atoms with Gasteiger partial charge in [0.25, 0.3) is 0 Å². The molecule has 2 nitrogen and oxygen atoms in total. The average Bonchev–Trinajstić information content (AvgIpc) is 2.28. The summed E-state index contributed by atoms with van der Waals surface area (Å²) in [6, 6.07) is 3.43. The first-order chi connectivity index (χ1) is 8.91. The summed E-state index contributed by atoms with van der Waals surface area (Å²) in [4.78, 5) is 0. The van der Waals surface area contributed by atoms with Gasteiger partial charge in [-0.05, 0) is 36.1 Å². The van der Waals surface area contributed by atoms with E-state index >= 15 is 0 Å². The first-order valence-electron chi connectivity index (χ1n) is 6.24. The lowest BCUT2D eigenvalue weighted by molar-refractivity contribution is -0.137. The molecule has 1 unspecified atom stereocenters. The summed E-state index contributed by atoms with van der Waals surface area (Å²) in [6.45, 7) is 0. The Morgan fingerprint density at radius 3 is 2.53 bits per heavy atom. The number of hydrogen-bond acceptors (Lipinski definition) is 2. The molecule has 0 heterocycles. The minimum Gasteiger partial charge on any atom is -0.271 e. The number of benzene rings is 1. The number of nitrogens with one attached hydrogen (secondary N) is 1. The highest BCUT2D eigenvalue weighted by molar-refractivity contribution is 9.10. The molecule has 19 heavy (non-hydrogen) atoms. The summed E-state index contributed by atoms with van der Waals surface area (Å²) in [5.41, 5.74) is 2.57. The summed E-state index contributed by atoms with van der Waals surface area (Å²) in [7, 11) is 0. The highest BCUT2D eigenvalue weighted by Crippen LogP contribution is 2.38. The molecular formula is C13H16BrF3N2. The van der Waals surface area contributed by atoms with Gasteiger partial charge >= 0.3 is 6.18 Å². The van der Waals surface area contributed by atoms with Gasteiger partial charge in [0.15, 0.2) is 0 Å². The van der Waals surface area contributed by atoms with Crippen molar-refractivity contribution in [1.82, 2.24) is 5.43 Å². The van der Waals surface area contributed by atoms with E-state index in [1.165, 1.54) is 18.6 Å². The highest BCUT2D eigenvalue weighted by Gasteiger charge is 2.32. The molecule has 0 bridgehead atoms. The molecule has 2 rings (SSSR count). The third kappa shape index (κ3) is 3.49. The minimum atomic E-state index is -4.33. The Kier molecular flexibility index (Phi) is 4.53. The Bertz CT molecular complexity index is 444. The van der Waals surface area contributed by atoms with Crippen molar-refractivity contribution in [3.05, 3.63) is 33.8 Å². The minimum absolute atomic E-state index is 0.248. The van der Waals surface area contributed by atoms with E-state index in [0.29, 0.717) is 16.0 Å². The second-order valence-electron chi connectivity index (χ2n) is 4.99. The second-order valence-corrected chi connectivity index (χ2v) is 5.84. The number of rotatable bonds is 4. The highest BCUT2D eigenvalue weighted by atomic mass is 79.9. The maximum absolute atomic E-state index is 12.7. The smallest absolute Gasteiger partial charge is 0.271 e. The van der Waals surface area contributed by atoms with Crippen molar-refractivity contribution >= 4 is 15.9 Å². The predicted octanol–water partition coefficient (Wildman–Crippen LogP) is 4.16. The van der Waals surface area contributed by atoms with Crippen LogP contribution in [0.4, 0.5) is 13.2 Å². The van der Waals surface area contributed by atoms with Crippen LogP contribution in [0.2, 0.25) is 0 Å². The zero-order valence-corrected chi connectivity index (χ0v) is 11.9. The van der Waals surface area contributed by atoms with Gasteiger partial charge in [-0.25, -0.2) is 0 Å². The summed E-state index contributed by atoms with van der Waals surface area (Å²) >= 11 is 3.31. The van der Waals surface area contributed by atoms with E-state index in [1.807, 2.05) is 0 Å². The van der Waals surface area contributed by atoms with Gasteiger partial charge in [-0.1, -0.05) is 35.2 Å². The molecule has 1 aliphatic rings. The summed E-state index contributed by atoms with van der Waals surface area (Å²) in [5, 5.41) is 0. The standard InChI is InChI=1S/C13H16BrF3N2/c14-11-5-4-9(13(15,16)17)7-10(11)12(19-18)6-8-2-1-3-8/h4-5,7-8,12,19H,1-3,6,18H2. The molecule has 0 saturated heterocycles. The van der Waals surface area contributed by atoms with Crippen LogP contribution < -0.4 is 11.3 Å². The summed E-state index contributed by atoms with van der Waals surface area (Å²) < 4.78 is 38.9. The van der Waals surface area contributed by atoms with E-state index in [9.17, 15) is 13.2 Å². The molecule has 0 aliphatic heterocycles. The number of halogens is 4. The van der Waals surface area contributed by atoms with Crippen molar-refractivity contribution in [2.45, 2.75) is 37.9 Å². The largest absolute Gasteiger partial charge is 0.416 e. The third-order valence-electron chi connectivity index (χ3n) is 3.69. The molecule has 0 aromatic heterocycles. The lowest BCUT2D eigenvalue weighted by Crippen LogP contribution is -2.31. The maximum atomic E-state index is 12.7. The predicted molar refractivity (Wildman–Crippen MR) is 71.2 cm³/mol. The topological polar surface area (TPSA) is 38.0 Å². The van der Waals surface area contributed by atoms with E-state index in [1.54, 1.807) is 0 Å². The van der Waals surface area contributed by atoms with Crippen LogP contribution in [0.15, 0.2) is 22.7 Å².